The highest BCUT2D eigenvalue weighted by Gasteiger charge is 2.53. The molecular formula is C23H26N4O6. The number of carboxylic acid groups (broad SMARTS) is 1. The Bertz CT molecular complexity index is 1070. The van der Waals surface area contributed by atoms with Crippen molar-refractivity contribution in [2.24, 2.45) is 0 Å². The van der Waals surface area contributed by atoms with Crippen LogP contribution in [0.25, 0.3) is 0 Å². The molecule has 0 bridgehead atoms. The molecule has 0 aliphatic carbocycles. The SMILES string of the molecule is CCC1=C(C(=O)OCCc2ccccn2)C(c2ccccc2[N+](=O)[O-])C(CC)(C(=O)O)NN1. The molecule has 0 radical (unpaired) electrons. The smallest absolute Gasteiger partial charge is 0.336 e. The molecule has 0 fully saturated rings. The molecule has 3 N–H and O–H groups in total. The van der Waals surface area contributed by atoms with Gasteiger partial charge in [-0.05, 0) is 25.0 Å². The summed E-state index contributed by atoms with van der Waals surface area (Å²) in [6.07, 6.45) is 2.42. The summed E-state index contributed by atoms with van der Waals surface area (Å²) in [5, 5.41) is 22.0. The standard InChI is InChI=1S/C23H26N4O6/c1-3-17-19(21(28)33-14-12-15-9-7-8-13-24-15)20(23(4-2,22(29)30)26-25-17)16-10-5-6-11-18(16)27(31)32/h5-11,13,20,25-26H,3-4,12,14H2,1-2H3,(H,29,30). The number of nitro groups is 1. The number of rotatable bonds is 9. The number of carboxylic acids is 1. The quantitative estimate of drug-likeness (QED) is 0.296. The molecule has 0 spiro atoms. The fourth-order valence-corrected chi connectivity index (χ4v) is 4.08. The van der Waals surface area contributed by atoms with Crippen LogP contribution in [0.15, 0.2) is 59.9 Å². The number of nitrogens with zero attached hydrogens (tertiary/aromatic N) is 2. The zero-order valence-corrected chi connectivity index (χ0v) is 18.4. The maximum atomic E-state index is 13.3. The van der Waals surface area contributed by atoms with Crippen molar-refractivity contribution in [3.8, 4) is 0 Å². The number of nitro benzene ring substituents is 1. The number of aromatic nitrogens is 1. The molecule has 0 saturated carbocycles. The molecule has 0 amide bonds. The summed E-state index contributed by atoms with van der Waals surface area (Å²) in [6.45, 7) is 3.46. The van der Waals surface area contributed by atoms with E-state index in [2.05, 4.69) is 15.8 Å². The van der Waals surface area contributed by atoms with Crippen molar-refractivity contribution in [2.75, 3.05) is 6.61 Å². The Kier molecular flexibility index (Phi) is 7.39. The number of carbonyl (C=O) groups excluding carboxylic acids is 1. The van der Waals surface area contributed by atoms with Crippen LogP contribution in [0.1, 0.15) is 43.9 Å². The number of esters is 1. The van der Waals surface area contributed by atoms with Gasteiger partial charge in [0.15, 0.2) is 0 Å². The lowest BCUT2D eigenvalue weighted by molar-refractivity contribution is -0.385. The summed E-state index contributed by atoms with van der Waals surface area (Å²) in [5.41, 5.74) is 5.04. The fourth-order valence-electron chi connectivity index (χ4n) is 4.08. The number of hydrogen-bond acceptors (Lipinski definition) is 8. The Morgan fingerprint density at radius 3 is 2.55 bits per heavy atom. The molecule has 10 nitrogen and oxygen atoms in total. The van der Waals surface area contributed by atoms with E-state index in [1.54, 1.807) is 38.2 Å². The van der Waals surface area contributed by atoms with Crippen molar-refractivity contribution in [2.45, 2.75) is 44.6 Å². The van der Waals surface area contributed by atoms with E-state index >= 15 is 0 Å². The molecule has 2 unspecified atom stereocenters. The minimum atomic E-state index is -1.71. The van der Waals surface area contributed by atoms with E-state index in [1.165, 1.54) is 18.2 Å². The summed E-state index contributed by atoms with van der Waals surface area (Å²) in [5.74, 6) is -3.12. The first-order valence-corrected chi connectivity index (χ1v) is 10.7. The van der Waals surface area contributed by atoms with Crippen molar-refractivity contribution in [1.29, 1.82) is 0 Å². The van der Waals surface area contributed by atoms with Crippen molar-refractivity contribution in [3.63, 3.8) is 0 Å². The first-order valence-electron chi connectivity index (χ1n) is 10.7. The van der Waals surface area contributed by atoms with Gasteiger partial charge in [-0.25, -0.2) is 10.2 Å². The van der Waals surface area contributed by atoms with Gasteiger partial charge >= 0.3 is 11.9 Å². The highest BCUT2D eigenvalue weighted by Crippen LogP contribution is 2.44. The van der Waals surface area contributed by atoms with Gasteiger partial charge in [-0.3, -0.25) is 19.9 Å². The number of carbonyl (C=O) groups is 2. The number of ether oxygens (including phenoxy) is 1. The second-order valence-corrected chi connectivity index (χ2v) is 7.58. The molecular weight excluding hydrogens is 428 g/mol. The molecule has 1 aromatic heterocycles. The van der Waals surface area contributed by atoms with Gasteiger partial charge in [-0.15, -0.1) is 0 Å². The number of hydrazine groups is 1. The third-order valence-corrected chi connectivity index (χ3v) is 5.82. The normalized spacial score (nSPS) is 20.1. The van der Waals surface area contributed by atoms with Gasteiger partial charge in [0.25, 0.3) is 5.69 Å². The third-order valence-electron chi connectivity index (χ3n) is 5.82. The van der Waals surface area contributed by atoms with E-state index in [1.807, 2.05) is 6.07 Å². The fraction of sp³-hybridized carbons (Fsp3) is 0.348. The Morgan fingerprint density at radius 2 is 1.94 bits per heavy atom. The lowest BCUT2D eigenvalue weighted by Gasteiger charge is -2.43. The Morgan fingerprint density at radius 1 is 1.21 bits per heavy atom. The van der Waals surface area contributed by atoms with E-state index in [0.29, 0.717) is 18.5 Å². The van der Waals surface area contributed by atoms with E-state index in [4.69, 9.17) is 4.74 Å². The Hall–Kier alpha value is -3.79. The third kappa shape index (κ3) is 4.70. The van der Waals surface area contributed by atoms with Gasteiger partial charge in [0.1, 0.15) is 5.54 Å². The van der Waals surface area contributed by atoms with Crippen LogP contribution in [0.4, 0.5) is 5.69 Å². The number of nitrogens with one attached hydrogen (secondary N) is 2. The number of hydrogen-bond donors (Lipinski definition) is 3. The second-order valence-electron chi connectivity index (χ2n) is 7.58. The van der Waals surface area contributed by atoms with E-state index < -0.39 is 28.3 Å². The van der Waals surface area contributed by atoms with Crippen LogP contribution in [0, 0.1) is 10.1 Å². The van der Waals surface area contributed by atoms with Gasteiger partial charge in [-0.1, -0.05) is 38.1 Å². The number of pyridine rings is 1. The van der Waals surface area contributed by atoms with Crippen LogP contribution >= 0.6 is 0 Å². The van der Waals surface area contributed by atoms with Crippen molar-refractivity contribution in [3.05, 3.63) is 81.3 Å². The largest absolute Gasteiger partial charge is 0.480 e. The summed E-state index contributed by atoms with van der Waals surface area (Å²) >= 11 is 0. The second kappa shape index (κ2) is 10.2. The summed E-state index contributed by atoms with van der Waals surface area (Å²) < 4.78 is 5.52. The first kappa shape index (κ1) is 23.9. The molecule has 33 heavy (non-hydrogen) atoms. The lowest BCUT2D eigenvalue weighted by Crippen LogP contribution is -2.64. The predicted octanol–water partition coefficient (Wildman–Crippen LogP) is 2.86. The molecule has 1 aliphatic rings. The highest BCUT2D eigenvalue weighted by atomic mass is 16.6. The zero-order chi connectivity index (χ0) is 24.0. The molecule has 2 atom stereocenters. The van der Waals surface area contributed by atoms with Gasteiger partial charge in [0.05, 0.1) is 23.0 Å². The van der Waals surface area contributed by atoms with Crippen LogP contribution in [-0.2, 0) is 20.7 Å². The van der Waals surface area contributed by atoms with Gasteiger partial charge in [0, 0.05) is 35.6 Å². The van der Waals surface area contributed by atoms with Gasteiger partial charge in [-0.2, -0.15) is 0 Å². The Labute approximate surface area is 190 Å². The highest BCUT2D eigenvalue weighted by molar-refractivity contribution is 5.95. The number of benzene rings is 1. The van der Waals surface area contributed by atoms with E-state index in [-0.39, 0.29) is 29.9 Å². The van der Waals surface area contributed by atoms with Gasteiger partial charge in [0.2, 0.25) is 0 Å². The summed E-state index contributed by atoms with van der Waals surface area (Å²) in [7, 11) is 0. The number of aliphatic carboxylic acids is 1. The Balaban J connectivity index is 2.07. The van der Waals surface area contributed by atoms with Crippen LogP contribution in [0.2, 0.25) is 0 Å². The average molecular weight is 454 g/mol. The van der Waals surface area contributed by atoms with Crippen LogP contribution in [0.3, 0.4) is 0 Å². The molecule has 10 heteroatoms. The van der Waals surface area contributed by atoms with E-state index in [9.17, 15) is 24.8 Å². The lowest BCUT2D eigenvalue weighted by atomic mass is 9.71. The van der Waals surface area contributed by atoms with E-state index in [0.717, 1.165) is 5.69 Å². The van der Waals surface area contributed by atoms with Crippen molar-refractivity contribution in [1.82, 2.24) is 15.8 Å². The minimum Gasteiger partial charge on any atom is -0.480 e. The molecule has 2 heterocycles. The molecule has 0 saturated heterocycles. The first-order chi connectivity index (χ1) is 15.9. The molecule has 1 aromatic carbocycles. The zero-order valence-electron chi connectivity index (χ0n) is 18.4. The van der Waals surface area contributed by atoms with Crippen molar-refractivity contribution < 1.29 is 24.4 Å². The van der Waals surface area contributed by atoms with Crippen LogP contribution in [-0.4, -0.2) is 39.1 Å². The van der Waals surface area contributed by atoms with Crippen molar-refractivity contribution >= 4 is 17.6 Å². The topological polar surface area (TPSA) is 144 Å². The minimum absolute atomic E-state index is 0.0274. The molecule has 3 rings (SSSR count). The monoisotopic (exact) mass is 454 g/mol. The van der Waals surface area contributed by atoms with Crippen LogP contribution < -0.4 is 10.9 Å². The molecule has 174 valence electrons. The predicted molar refractivity (Wildman–Crippen MR) is 119 cm³/mol. The molecule has 1 aliphatic heterocycles. The summed E-state index contributed by atoms with van der Waals surface area (Å²) in [6, 6.07) is 11.3. The van der Waals surface area contributed by atoms with Gasteiger partial charge < -0.3 is 15.3 Å². The number of para-hydroxylation sites is 1. The maximum Gasteiger partial charge on any atom is 0.336 e. The number of allylic oxidation sites excluding steroid dienone is 1. The maximum absolute atomic E-state index is 13.3. The average Bonchev–Trinajstić information content (AvgIpc) is 2.83. The van der Waals surface area contributed by atoms with Crippen LogP contribution in [0.5, 0.6) is 0 Å². The summed E-state index contributed by atoms with van der Waals surface area (Å²) in [4.78, 5) is 41.2. The molecule has 2 aromatic rings.